The zero-order valence-corrected chi connectivity index (χ0v) is 11.4. The average Bonchev–Trinajstić information content (AvgIpc) is 2.13. The summed E-state index contributed by atoms with van der Waals surface area (Å²) in [4.78, 5) is 11.4. The quantitative estimate of drug-likeness (QED) is 0.797. The standard InChI is InChI=1S/C13H22F2O3/c1-5-18-10(16)13(14,15)12(17)7-9(2)6-11(3,4)8-12/h9,17H,5-8H2,1-4H3. The maximum absolute atomic E-state index is 14.1. The SMILES string of the molecule is CCOC(=O)C(F)(F)C1(O)CC(C)CC(C)(C)C1. The molecule has 0 amide bonds. The summed E-state index contributed by atoms with van der Waals surface area (Å²) < 4.78 is 32.5. The molecule has 1 fully saturated rings. The third-order valence-electron chi connectivity index (χ3n) is 3.47. The Hall–Kier alpha value is -0.710. The molecular weight excluding hydrogens is 242 g/mol. The van der Waals surface area contributed by atoms with Crippen LogP contribution in [0.4, 0.5) is 8.78 Å². The molecule has 1 aliphatic carbocycles. The molecule has 5 heteroatoms. The second-order valence-corrected chi connectivity index (χ2v) is 6.18. The van der Waals surface area contributed by atoms with Gasteiger partial charge in [-0.05, 0) is 37.5 Å². The van der Waals surface area contributed by atoms with E-state index in [2.05, 4.69) is 4.74 Å². The zero-order valence-electron chi connectivity index (χ0n) is 11.4. The molecule has 106 valence electrons. The lowest BCUT2D eigenvalue weighted by molar-refractivity contribution is -0.232. The first kappa shape index (κ1) is 15.3. The van der Waals surface area contributed by atoms with Crippen LogP contribution < -0.4 is 0 Å². The van der Waals surface area contributed by atoms with Crippen molar-refractivity contribution >= 4 is 5.97 Å². The average molecular weight is 264 g/mol. The van der Waals surface area contributed by atoms with Crippen molar-refractivity contribution < 1.29 is 23.4 Å². The number of alkyl halides is 2. The monoisotopic (exact) mass is 264 g/mol. The van der Waals surface area contributed by atoms with Crippen LogP contribution in [0, 0.1) is 11.3 Å². The van der Waals surface area contributed by atoms with Gasteiger partial charge in [0.25, 0.3) is 0 Å². The van der Waals surface area contributed by atoms with Crippen molar-refractivity contribution in [1.82, 2.24) is 0 Å². The minimum Gasteiger partial charge on any atom is -0.461 e. The fourth-order valence-corrected chi connectivity index (χ4v) is 3.18. The highest BCUT2D eigenvalue weighted by Crippen LogP contribution is 2.50. The molecule has 1 aliphatic rings. The number of hydrogen-bond donors (Lipinski definition) is 1. The van der Waals surface area contributed by atoms with Gasteiger partial charge in [-0.3, -0.25) is 0 Å². The second kappa shape index (κ2) is 4.76. The second-order valence-electron chi connectivity index (χ2n) is 6.18. The summed E-state index contributed by atoms with van der Waals surface area (Å²) in [7, 11) is 0. The molecule has 0 radical (unpaired) electrons. The van der Waals surface area contributed by atoms with Gasteiger partial charge in [0.2, 0.25) is 0 Å². The highest BCUT2D eigenvalue weighted by atomic mass is 19.3. The van der Waals surface area contributed by atoms with Gasteiger partial charge >= 0.3 is 11.9 Å². The molecule has 0 aliphatic heterocycles. The number of carbonyl (C=O) groups is 1. The van der Waals surface area contributed by atoms with Crippen LogP contribution >= 0.6 is 0 Å². The van der Waals surface area contributed by atoms with Gasteiger partial charge < -0.3 is 9.84 Å². The van der Waals surface area contributed by atoms with Crippen LogP contribution in [0.15, 0.2) is 0 Å². The molecule has 0 spiro atoms. The van der Waals surface area contributed by atoms with Gasteiger partial charge in [0, 0.05) is 0 Å². The number of esters is 1. The molecule has 1 N–H and O–H groups in total. The van der Waals surface area contributed by atoms with Crippen molar-refractivity contribution in [3.63, 3.8) is 0 Å². The van der Waals surface area contributed by atoms with Gasteiger partial charge in [0.15, 0.2) is 0 Å². The van der Waals surface area contributed by atoms with Gasteiger partial charge in [0.05, 0.1) is 6.61 Å². The highest BCUT2D eigenvalue weighted by molar-refractivity contribution is 5.79. The van der Waals surface area contributed by atoms with Crippen molar-refractivity contribution in [2.24, 2.45) is 11.3 Å². The lowest BCUT2D eigenvalue weighted by Gasteiger charge is -2.46. The summed E-state index contributed by atoms with van der Waals surface area (Å²) >= 11 is 0. The summed E-state index contributed by atoms with van der Waals surface area (Å²) in [5.74, 6) is -5.54. The Bertz CT molecular complexity index is 328. The van der Waals surface area contributed by atoms with Gasteiger partial charge in [0.1, 0.15) is 5.60 Å². The van der Waals surface area contributed by atoms with Crippen LogP contribution in [0.1, 0.15) is 47.0 Å². The van der Waals surface area contributed by atoms with E-state index in [1.54, 1.807) is 0 Å². The predicted octanol–water partition coefficient (Wildman–Crippen LogP) is 2.76. The van der Waals surface area contributed by atoms with Gasteiger partial charge in [-0.25, -0.2) is 4.79 Å². The van der Waals surface area contributed by atoms with Crippen molar-refractivity contribution in [1.29, 1.82) is 0 Å². The van der Waals surface area contributed by atoms with Gasteiger partial charge in [-0.2, -0.15) is 8.78 Å². The zero-order chi connectivity index (χ0) is 14.2. The third kappa shape index (κ3) is 2.82. The Morgan fingerprint density at radius 1 is 1.44 bits per heavy atom. The fourth-order valence-electron chi connectivity index (χ4n) is 3.18. The van der Waals surface area contributed by atoms with E-state index < -0.39 is 22.9 Å². The first-order valence-corrected chi connectivity index (χ1v) is 6.31. The van der Waals surface area contributed by atoms with E-state index in [0.717, 1.165) is 6.42 Å². The van der Waals surface area contributed by atoms with E-state index in [-0.39, 0.29) is 25.4 Å². The molecule has 0 aromatic heterocycles. The number of rotatable bonds is 3. The maximum Gasteiger partial charge on any atom is 0.380 e. The van der Waals surface area contributed by atoms with E-state index in [4.69, 9.17) is 0 Å². The summed E-state index contributed by atoms with van der Waals surface area (Å²) in [5.41, 5.74) is -2.72. The van der Waals surface area contributed by atoms with Crippen LogP contribution in [-0.2, 0) is 9.53 Å². The normalized spacial score (nSPS) is 32.1. The van der Waals surface area contributed by atoms with E-state index in [0.29, 0.717) is 0 Å². The Balaban J connectivity index is 3.00. The van der Waals surface area contributed by atoms with Crippen molar-refractivity contribution in [2.75, 3.05) is 6.61 Å². The molecule has 0 aromatic carbocycles. The Labute approximate surface area is 107 Å². The predicted molar refractivity (Wildman–Crippen MR) is 63.3 cm³/mol. The maximum atomic E-state index is 14.1. The summed E-state index contributed by atoms with van der Waals surface area (Å²) in [5, 5.41) is 10.3. The smallest absolute Gasteiger partial charge is 0.380 e. The number of halogens is 2. The number of aliphatic hydroxyl groups is 1. The van der Waals surface area contributed by atoms with Crippen LogP contribution in [0.2, 0.25) is 0 Å². The van der Waals surface area contributed by atoms with Gasteiger partial charge in [-0.15, -0.1) is 0 Å². The molecular formula is C13H22F2O3. The fraction of sp³-hybridized carbons (Fsp3) is 0.923. The summed E-state index contributed by atoms with van der Waals surface area (Å²) in [6, 6.07) is 0. The molecule has 1 saturated carbocycles. The molecule has 2 unspecified atom stereocenters. The Kier molecular flexibility index (Phi) is 4.06. The summed E-state index contributed by atoms with van der Waals surface area (Å²) in [6.07, 6.45) is 0.576. The molecule has 1 rings (SSSR count). The number of carbonyl (C=O) groups excluding carboxylic acids is 1. The minimum atomic E-state index is -3.85. The van der Waals surface area contributed by atoms with Gasteiger partial charge in [-0.1, -0.05) is 20.8 Å². The molecule has 0 heterocycles. The van der Waals surface area contributed by atoms with Crippen LogP contribution in [-0.4, -0.2) is 29.2 Å². The third-order valence-corrected chi connectivity index (χ3v) is 3.47. The van der Waals surface area contributed by atoms with Crippen LogP contribution in [0.25, 0.3) is 0 Å². The van der Waals surface area contributed by atoms with E-state index in [1.165, 1.54) is 6.92 Å². The first-order valence-electron chi connectivity index (χ1n) is 6.31. The largest absolute Gasteiger partial charge is 0.461 e. The number of ether oxygens (including phenoxy) is 1. The molecule has 0 bridgehead atoms. The van der Waals surface area contributed by atoms with E-state index >= 15 is 0 Å². The summed E-state index contributed by atoms with van der Waals surface area (Å²) in [6.45, 7) is 6.81. The molecule has 18 heavy (non-hydrogen) atoms. The Morgan fingerprint density at radius 2 is 2.00 bits per heavy atom. The van der Waals surface area contributed by atoms with Crippen LogP contribution in [0.5, 0.6) is 0 Å². The van der Waals surface area contributed by atoms with E-state index in [9.17, 15) is 18.7 Å². The lowest BCUT2D eigenvalue weighted by Crippen LogP contribution is -2.58. The minimum absolute atomic E-state index is 0.0564. The highest BCUT2D eigenvalue weighted by Gasteiger charge is 2.62. The Morgan fingerprint density at radius 3 is 2.44 bits per heavy atom. The first-order chi connectivity index (χ1) is 8.04. The van der Waals surface area contributed by atoms with Crippen molar-refractivity contribution in [3.05, 3.63) is 0 Å². The van der Waals surface area contributed by atoms with Crippen molar-refractivity contribution in [2.45, 2.75) is 58.5 Å². The topological polar surface area (TPSA) is 46.5 Å². The number of hydrogen-bond acceptors (Lipinski definition) is 3. The van der Waals surface area contributed by atoms with Crippen molar-refractivity contribution in [3.8, 4) is 0 Å². The molecule has 3 nitrogen and oxygen atoms in total. The van der Waals surface area contributed by atoms with Crippen LogP contribution in [0.3, 0.4) is 0 Å². The van der Waals surface area contributed by atoms with E-state index in [1.807, 2.05) is 20.8 Å². The molecule has 0 saturated heterocycles. The lowest BCUT2D eigenvalue weighted by atomic mass is 9.64. The molecule has 0 aromatic rings. The molecule has 2 atom stereocenters.